The maximum absolute atomic E-state index is 10.4. The maximum Gasteiger partial charge on any atom is 0.0874 e. The Morgan fingerprint density at radius 1 is 1.00 bits per heavy atom. The number of nitrogens with zero attached hydrogens (tertiary/aromatic N) is 2. The Hall–Kier alpha value is -2.52. The molecule has 1 aliphatic carbocycles. The van der Waals surface area contributed by atoms with Crippen LogP contribution < -0.4 is 0 Å². The molecule has 23 heavy (non-hydrogen) atoms. The van der Waals surface area contributed by atoms with Gasteiger partial charge in [-0.2, -0.15) is 0 Å². The predicted molar refractivity (Wildman–Crippen MR) is 90.8 cm³/mol. The molecule has 0 saturated heterocycles. The van der Waals surface area contributed by atoms with Crippen molar-refractivity contribution < 1.29 is 5.11 Å². The molecule has 2 heterocycles. The van der Waals surface area contributed by atoms with Gasteiger partial charge >= 0.3 is 0 Å². The minimum Gasteiger partial charge on any atom is -0.385 e. The molecule has 0 aliphatic heterocycles. The topological polar surface area (TPSA) is 46.0 Å². The summed E-state index contributed by atoms with van der Waals surface area (Å²) in [5.41, 5.74) is 5.82. The second-order valence-electron chi connectivity index (χ2n) is 6.28. The molecule has 0 bridgehead atoms. The molecule has 1 atom stereocenters. The fourth-order valence-electron chi connectivity index (χ4n) is 3.39. The number of aliphatic hydroxyl groups is 1. The number of hydrogen-bond donors (Lipinski definition) is 1. The molecule has 0 radical (unpaired) electrons. The molecule has 0 spiro atoms. The smallest absolute Gasteiger partial charge is 0.0874 e. The number of pyridine rings is 2. The Morgan fingerprint density at radius 3 is 2.65 bits per heavy atom. The molecule has 0 fully saturated rings. The summed E-state index contributed by atoms with van der Waals surface area (Å²) in [5.74, 6) is 0. The predicted octanol–water partition coefficient (Wildman–Crippen LogP) is 3.96. The van der Waals surface area contributed by atoms with Crippen molar-refractivity contribution in [3.63, 3.8) is 0 Å². The fourth-order valence-corrected chi connectivity index (χ4v) is 3.39. The van der Waals surface area contributed by atoms with Crippen LogP contribution in [-0.2, 0) is 12.0 Å². The van der Waals surface area contributed by atoms with Gasteiger partial charge in [0.15, 0.2) is 0 Å². The second-order valence-corrected chi connectivity index (χ2v) is 6.28. The molecule has 0 amide bonds. The highest BCUT2D eigenvalue weighted by molar-refractivity contribution is 5.80. The van der Waals surface area contributed by atoms with Gasteiger partial charge in [-0.1, -0.05) is 18.2 Å². The molecule has 114 valence electrons. The van der Waals surface area contributed by atoms with Crippen LogP contribution >= 0.6 is 0 Å². The van der Waals surface area contributed by atoms with Crippen LogP contribution in [-0.4, -0.2) is 15.1 Å². The zero-order chi connectivity index (χ0) is 15.9. The van der Waals surface area contributed by atoms with Gasteiger partial charge in [-0.25, -0.2) is 0 Å². The molecule has 1 aliphatic rings. The van der Waals surface area contributed by atoms with E-state index in [1.54, 1.807) is 12.4 Å². The van der Waals surface area contributed by atoms with E-state index in [0.29, 0.717) is 0 Å². The minimum atomic E-state index is -0.702. The van der Waals surface area contributed by atoms with E-state index in [0.717, 1.165) is 40.8 Å². The van der Waals surface area contributed by atoms with Crippen LogP contribution in [0.2, 0.25) is 0 Å². The highest BCUT2D eigenvalue weighted by Gasteiger charge is 2.31. The molecule has 1 N–H and O–H groups in total. The monoisotopic (exact) mass is 302 g/mol. The number of rotatable bonds is 2. The van der Waals surface area contributed by atoms with Gasteiger partial charge in [-0.05, 0) is 60.7 Å². The van der Waals surface area contributed by atoms with E-state index in [1.807, 2.05) is 37.4 Å². The third-order valence-corrected chi connectivity index (χ3v) is 4.64. The van der Waals surface area contributed by atoms with Gasteiger partial charge in [0.05, 0.1) is 11.3 Å². The summed E-state index contributed by atoms with van der Waals surface area (Å²) in [4.78, 5) is 8.69. The van der Waals surface area contributed by atoms with Crippen molar-refractivity contribution in [3.8, 4) is 22.4 Å². The Labute approximate surface area is 135 Å². The van der Waals surface area contributed by atoms with Crippen molar-refractivity contribution in [1.29, 1.82) is 0 Å². The van der Waals surface area contributed by atoms with Crippen molar-refractivity contribution in [3.05, 3.63) is 72.2 Å². The molecular weight excluding hydrogens is 284 g/mol. The molecular formula is C20H18N2O. The summed E-state index contributed by atoms with van der Waals surface area (Å²) in [5, 5.41) is 10.4. The van der Waals surface area contributed by atoms with Gasteiger partial charge in [0.25, 0.3) is 0 Å². The molecule has 3 nitrogen and oxygen atoms in total. The average Bonchev–Trinajstić information content (AvgIpc) is 2.90. The highest BCUT2D eigenvalue weighted by atomic mass is 16.3. The van der Waals surface area contributed by atoms with Crippen LogP contribution in [0.4, 0.5) is 0 Å². The van der Waals surface area contributed by atoms with Crippen LogP contribution in [0.1, 0.15) is 24.5 Å². The van der Waals surface area contributed by atoms with E-state index >= 15 is 0 Å². The Balaban J connectivity index is 1.84. The summed E-state index contributed by atoms with van der Waals surface area (Å²) in [7, 11) is 0. The van der Waals surface area contributed by atoms with Crippen LogP contribution in [0.5, 0.6) is 0 Å². The van der Waals surface area contributed by atoms with Crippen molar-refractivity contribution in [2.45, 2.75) is 25.4 Å². The van der Waals surface area contributed by atoms with E-state index in [-0.39, 0.29) is 0 Å². The third-order valence-electron chi connectivity index (χ3n) is 4.64. The average molecular weight is 302 g/mol. The van der Waals surface area contributed by atoms with E-state index in [9.17, 15) is 5.11 Å². The second kappa shape index (κ2) is 5.28. The van der Waals surface area contributed by atoms with Gasteiger partial charge in [0, 0.05) is 29.7 Å². The van der Waals surface area contributed by atoms with Gasteiger partial charge in [0.1, 0.15) is 0 Å². The minimum absolute atomic E-state index is 0.702. The van der Waals surface area contributed by atoms with E-state index in [1.165, 1.54) is 5.56 Å². The largest absolute Gasteiger partial charge is 0.385 e. The summed E-state index contributed by atoms with van der Waals surface area (Å²) in [6.07, 6.45) is 7.11. The first-order valence-electron chi connectivity index (χ1n) is 7.87. The fraction of sp³-hybridized carbons (Fsp3) is 0.200. The lowest BCUT2D eigenvalue weighted by molar-refractivity contribution is 0.0595. The lowest BCUT2D eigenvalue weighted by Gasteiger charge is -2.18. The number of aryl methyl sites for hydroxylation is 1. The zero-order valence-corrected chi connectivity index (χ0v) is 13.0. The van der Waals surface area contributed by atoms with Gasteiger partial charge in [-0.15, -0.1) is 0 Å². The van der Waals surface area contributed by atoms with E-state index in [4.69, 9.17) is 0 Å². The number of hydrogen-bond acceptors (Lipinski definition) is 3. The van der Waals surface area contributed by atoms with Crippen molar-refractivity contribution in [2.75, 3.05) is 0 Å². The van der Waals surface area contributed by atoms with Crippen LogP contribution in [0, 0.1) is 0 Å². The lowest BCUT2D eigenvalue weighted by atomic mass is 9.94. The summed E-state index contributed by atoms with van der Waals surface area (Å²) >= 11 is 0. The maximum atomic E-state index is 10.4. The van der Waals surface area contributed by atoms with Crippen LogP contribution in [0.25, 0.3) is 22.4 Å². The van der Waals surface area contributed by atoms with Gasteiger partial charge in [0.2, 0.25) is 0 Å². The van der Waals surface area contributed by atoms with E-state index < -0.39 is 5.60 Å². The van der Waals surface area contributed by atoms with Crippen molar-refractivity contribution in [2.24, 2.45) is 0 Å². The lowest BCUT2D eigenvalue weighted by Crippen LogP contribution is -2.16. The normalized spacial score (nSPS) is 19.6. The molecule has 4 rings (SSSR count). The molecule has 2 aromatic heterocycles. The van der Waals surface area contributed by atoms with Gasteiger partial charge < -0.3 is 5.11 Å². The summed E-state index contributed by atoms with van der Waals surface area (Å²) in [6.45, 7) is 1.89. The Morgan fingerprint density at radius 2 is 1.83 bits per heavy atom. The molecule has 0 saturated carbocycles. The van der Waals surface area contributed by atoms with Crippen molar-refractivity contribution in [1.82, 2.24) is 9.97 Å². The van der Waals surface area contributed by atoms with Crippen LogP contribution in [0.15, 0.2) is 61.1 Å². The molecule has 1 aromatic carbocycles. The zero-order valence-electron chi connectivity index (χ0n) is 13.0. The first-order valence-corrected chi connectivity index (χ1v) is 7.87. The number of aromatic nitrogens is 2. The third kappa shape index (κ3) is 2.43. The van der Waals surface area contributed by atoms with Crippen LogP contribution in [0.3, 0.4) is 0 Å². The summed E-state index contributed by atoms with van der Waals surface area (Å²) < 4.78 is 0. The first kappa shape index (κ1) is 14.1. The van der Waals surface area contributed by atoms with E-state index in [2.05, 4.69) is 28.2 Å². The first-order chi connectivity index (χ1) is 11.1. The number of benzene rings is 1. The SMILES string of the molecule is CC1(O)CCc2cc(-c3ncccc3-c3ccncc3)ccc21. The number of fused-ring (bicyclic) bond motifs is 1. The molecule has 1 unspecified atom stereocenters. The standard InChI is InChI=1S/C20H18N2O/c1-20(23)9-6-15-13-16(4-5-18(15)20)19-17(3-2-10-22-19)14-7-11-21-12-8-14/h2-5,7-8,10-13,23H,6,9H2,1H3. The Bertz CT molecular complexity index is 857. The van der Waals surface area contributed by atoms with Crippen molar-refractivity contribution >= 4 is 0 Å². The Kier molecular flexibility index (Phi) is 3.24. The van der Waals surface area contributed by atoms with Gasteiger partial charge in [-0.3, -0.25) is 9.97 Å². The highest BCUT2D eigenvalue weighted by Crippen LogP contribution is 2.39. The quantitative estimate of drug-likeness (QED) is 0.779. The molecule has 3 aromatic rings. The molecule has 3 heteroatoms. The summed E-state index contributed by atoms with van der Waals surface area (Å²) in [6, 6.07) is 14.3.